The number of nitrogens with one attached hydrogen (secondary N) is 1. The third-order valence-corrected chi connectivity index (χ3v) is 2.83. The van der Waals surface area contributed by atoms with E-state index < -0.39 is 24.6 Å². The summed E-state index contributed by atoms with van der Waals surface area (Å²) in [4.78, 5) is 12.7. The molecule has 0 bridgehead atoms. The first-order valence-corrected chi connectivity index (χ1v) is 5.73. The van der Waals surface area contributed by atoms with Crippen molar-refractivity contribution in [3.05, 3.63) is 0 Å². The number of carbonyl (C=O) groups excluding carboxylic acids is 1. The van der Waals surface area contributed by atoms with Crippen LogP contribution in [-0.2, 0) is 9.53 Å². The van der Waals surface area contributed by atoms with Gasteiger partial charge in [0.15, 0.2) is 0 Å². The third-order valence-electron chi connectivity index (χ3n) is 2.83. The molecule has 2 atom stereocenters. The van der Waals surface area contributed by atoms with E-state index in [0.29, 0.717) is 19.4 Å². The number of amides is 1. The Hall–Kier alpha value is -0.860. The van der Waals surface area contributed by atoms with Gasteiger partial charge < -0.3 is 9.64 Å². The molecule has 0 aromatic rings. The highest BCUT2D eigenvalue weighted by Crippen LogP contribution is 2.22. The number of hydrogen-bond acceptors (Lipinski definition) is 4. The summed E-state index contributed by atoms with van der Waals surface area (Å²) in [7, 11) is 1.60. The highest BCUT2D eigenvalue weighted by molar-refractivity contribution is 5.80. The van der Waals surface area contributed by atoms with Crippen molar-refractivity contribution in [2.45, 2.75) is 37.6 Å². The summed E-state index contributed by atoms with van der Waals surface area (Å²) in [6.07, 6.45) is -4.60. The van der Waals surface area contributed by atoms with E-state index in [9.17, 15) is 18.0 Å². The Morgan fingerprint density at radius 3 is 2.72 bits per heavy atom. The topological polar surface area (TPSA) is 67.6 Å². The largest absolute Gasteiger partial charge is 0.390 e. The van der Waals surface area contributed by atoms with Crippen LogP contribution in [0.25, 0.3) is 0 Å². The molecule has 0 aliphatic carbocycles. The molecule has 2 unspecified atom stereocenters. The number of hydrazine groups is 1. The van der Waals surface area contributed by atoms with Gasteiger partial charge >= 0.3 is 6.18 Å². The van der Waals surface area contributed by atoms with Crippen molar-refractivity contribution in [2.75, 3.05) is 20.1 Å². The first-order chi connectivity index (χ1) is 8.31. The average Bonchev–Trinajstić information content (AvgIpc) is 2.73. The number of nitrogens with two attached hydrogens (primary N) is 1. The van der Waals surface area contributed by atoms with Gasteiger partial charge in [0, 0.05) is 13.1 Å². The summed E-state index contributed by atoms with van der Waals surface area (Å²) < 4.78 is 41.5. The van der Waals surface area contributed by atoms with Crippen molar-refractivity contribution in [3.63, 3.8) is 0 Å². The molecule has 106 valence electrons. The summed E-state index contributed by atoms with van der Waals surface area (Å²) in [5, 5.41) is 0. The van der Waals surface area contributed by atoms with Crippen molar-refractivity contribution in [3.8, 4) is 0 Å². The lowest BCUT2D eigenvalue weighted by Gasteiger charge is -2.21. The maximum atomic E-state index is 12.0. The van der Waals surface area contributed by atoms with E-state index in [1.54, 1.807) is 11.9 Å². The van der Waals surface area contributed by atoms with Gasteiger partial charge in [0.05, 0.1) is 12.5 Å². The van der Waals surface area contributed by atoms with E-state index in [4.69, 9.17) is 10.6 Å². The average molecular weight is 269 g/mol. The van der Waals surface area contributed by atoms with Gasteiger partial charge in [0.2, 0.25) is 0 Å². The monoisotopic (exact) mass is 269 g/mol. The van der Waals surface area contributed by atoms with Crippen LogP contribution in [0.4, 0.5) is 13.2 Å². The smallest absolute Gasteiger partial charge is 0.364 e. The second-order valence-electron chi connectivity index (χ2n) is 4.46. The molecule has 5 nitrogen and oxygen atoms in total. The second-order valence-corrected chi connectivity index (χ2v) is 4.46. The summed E-state index contributed by atoms with van der Waals surface area (Å²) in [6.45, 7) is 0.307. The van der Waals surface area contributed by atoms with Crippen LogP contribution in [0.5, 0.6) is 0 Å². The molecule has 0 spiro atoms. The number of halogens is 3. The molecular formula is C10H18F3N3O2. The highest BCUT2D eigenvalue weighted by atomic mass is 19.4. The number of hydrogen-bond donors (Lipinski definition) is 2. The summed E-state index contributed by atoms with van der Waals surface area (Å²) in [5.74, 6) is 4.59. The number of rotatable bonds is 5. The van der Waals surface area contributed by atoms with Crippen LogP contribution < -0.4 is 11.3 Å². The zero-order valence-electron chi connectivity index (χ0n) is 10.2. The lowest BCUT2D eigenvalue weighted by Crippen LogP contribution is -2.40. The predicted octanol–water partition coefficient (Wildman–Crippen LogP) is 0.408. The molecule has 1 aliphatic rings. The Morgan fingerprint density at radius 1 is 1.50 bits per heavy atom. The van der Waals surface area contributed by atoms with E-state index >= 15 is 0 Å². The number of nitrogens with zero attached hydrogens (tertiary/aromatic N) is 1. The van der Waals surface area contributed by atoms with Gasteiger partial charge in [0.1, 0.15) is 6.10 Å². The zero-order valence-corrected chi connectivity index (χ0v) is 10.2. The van der Waals surface area contributed by atoms with Crippen molar-refractivity contribution < 1.29 is 22.7 Å². The Balaban J connectivity index is 2.26. The Labute approximate surface area is 103 Å². The second kappa shape index (κ2) is 6.35. The molecule has 0 aromatic heterocycles. The molecule has 0 saturated carbocycles. The molecule has 0 aromatic carbocycles. The zero-order chi connectivity index (χ0) is 13.8. The Kier molecular flexibility index (Phi) is 5.36. The number of alkyl halides is 3. The fraction of sp³-hybridized carbons (Fsp3) is 0.900. The number of carbonyl (C=O) groups is 1. The molecule has 3 N–H and O–H groups in total. The Morgan fingerprint density at radius 2 is 2.17 bits per heavy atom. The van der Waals surface area contributed by atoms with Gasteiger partial charge in [-0.25, -0.2) is 5.84 Å². The molecule has 1 aliphatic heterocycles. The van der Waals surface area contributed by atoms with Crippen molar-refractivity contribution >= 4 is 5.91 Å². The van der Waals surface area contributed by atoms with Crippen LogP contribution in [-0.4, -0.2) is 49.3 Å². The van der Waals surface area contributed by atoms with Gasteiger partial charge in [-0.1, -0.05) is 0 Å². The summed E-state index contributed by atoms with van der Waals surface area (Å²) in [5.41, 5.74) is 2.00. The van der Waals surface area contributed by atoms with Crippen molar-refractivity contribution in [2.24, 2.45) is 5.84 Å². The van der Waals surface area contributed by atoms with Crippen LogP contribution in [0.1, 0.15) is 19.3 Å². The summed E-state index contributed by atoms with van der Waals surface area (Å²) in [6, 6.07) is 0. The van der Waals surface area contributed by atoms with Gasteiger partial charge in [0.25, 0.3) is 5.91 Å². The maximum Gasteiger partial charge on any atom is 0.390 e. The van der Waals surface area contributed by atoms with E-state index in [1.165, 1.54) is 0 Å². The molecule has 1 saturated heterocycles. The van der Waals surface area contributed by atoms with Crippen LogP contribution in [0.3, 0.4) is 0 Å². The molecule has 0 radical (unpaired) electrons. The van der Waals surface area contributed by atoms with E-state index in [0.717, 1.165) is 0 Å². The van der Waals surface area contributed by atoms with Gasteiger partial charge in [-0.15, -0.1) is 0 Å². The quantitative estimate of drug-likeness (QED) is 0.431. The lowest BCUT2D eigenvalue weighted by atomic mass is 10.2. The standard InChI is InChI=1S/C10H18F3N3O2/c1-16(5-4-10(11,12)13)6-7-2-3-8(18-7)9(17)15-14/h7-8H,2-6,14H2,1H3,(H,15,17). The minimum absolute atomic E-state index is 0.0723. The number of likely N-dealkylation sites (N-methyl/N-ethyl adjacent to an activating group) is 1. The molecular weight excluding hydrogens is 251 g/mol. The SMILES string of the molecule is CN(CCC(F)(F)F)CC1CCC(C(=O)NN)O1. The normalized spacial score (nSPS) is 24.6. The lowest BCUT2D eigenvalue weighted by molar-refractivity contribution is -0.138. The fourth-order valence-electron chi connectivity index (χ4n) is 1.88. The first-order valence-electron chi connectivity index (χ1n) is 5.73. The number of ether oxygens (including phenoxy) is 1. The van der Waals surface area contributed by atoms with Gasteiger partial charge in [-0.2, -0.15) is 13.2 Å². The summed E-state index contributed by atoms with van der Waals surface area (Å²) >= 11 is 0. The molecule has 1 heterocycles. The van der Waals surface area contributed by atoms with Gasteiger partial charge in [-0.3, -0.25) is 10.2 Å². The van der Waals surface area contributed by atoms with Gasteiger partial charge in [-0.05, 0) is 19.9 Å². The third kappa shape index (κ3) is 5.19. The van der Waals surface area contributed by atoms with Crippen LogP contribution in [0, 0.1) is 0 Å². The van der Waals surface area contributed by atoms with E-state index in [-0.39, 0.29) is 12.6 Å². The van der Waals surface area contributed by atoms with Crippen molar-refractivity contribution in [1.29, 1.82) is 0 Å². The molecule has 8 heteroatoms. The molecule has 1 fully saturated rings. The highest BCUT2D eigenvalue weighted by Gasteiger charge is 2.32. The maximum absolute atomic E-state index is 12.0. The minimum Gasteiger partial charge on any atom is -0.364 e. The first kappa shape index (κ1) is 15.2. The minimum atomic E-state index is -4.15. The predicted molar refractivity (Wildman–Crippen MR) is 58.4 cm³/mol. The molecule has 18 heavy (non-hydrogen) atoms. The van der Waals surface area contributed by atoms with Crippen molar-refractivity contribution in [1.82, 2.24) is 10.3 Å². The molecule has 1 rings (SSSR count). The van der Waals surface area contributed by atoms with E-state index in [2.05, 4.69) is 0 Å². The Bertz CT molecular complexity index is 286. The van der Waals surface area contributed by atoms with Crippen LogP contribution in [0.2, 0.25) is 0 Å². The van der Waals surface area contributed by atoms with Crippen LogP contribution >= 0.6 is 0 Å². The fourth-order valence-corrected chi connectivity index (χ4v) is 1.88. The molecule has 1 amide bonds. The van der Waals surface area contributed by atoms with Crippen LogP contribution in [0.15, 0.2) is 0 Å². The van der Waals surface area contributed by atoms with E-state index in [1.807, 2.05) is 5.43 Å².